The lowest BCUT2D eigenvalue weighted by molar-refractivity contribution is 0.0830. The van der Waals surface area contributed by atoms with Crippen LogP contribution in [0.4, 0.5) is 0 Å². The van der Waals surface area contributed by atoms with Crippen LogP contribution in [0.25, 0.3) is 0 Å². The van der Waals surface area contributed by atoms with Crippen LogP contribution in [0.2, 0.25) is 10.0 Å². The van der Waals surface area contributed by atoms with E-state index >= 15 is 0 Å². The molecule has 0 radical (unpaired) electrons. The molecule has 0 spiro atoms. The van der Waals surface area contributed by atoms with Crippen molar-refractivity contribution in [3.63, 3.8) is 0 Å². The molecule has 2 N–H and O–H groups in total. The molecule has 0 aromatic heterocycles. The predicted molar refractivity (Wildman–Crippen MR) is 128 cm³/mol. The summed E-state index contributed by atoms with van der Waals surface area (Å²) in [6, 6.07) is 8.24. The molecule has 0 unspecified atom stereocenters. The first kappa shape index (κ1) is 27.7. The summed E-state index contributed by atoms with van der Waals surface area (Å²) in [5, 5.41) is 20.0. The number of ether oxygens (including phenoxy) is 2. The number of benzene rings is 2. The monoisotopic (exact) mass is 520 g/mol. The zero-order valence-electron chi connectivity index (χ0n) is 19.0. The summed E-state index contributed by atoms with van der Waals surface area (Å²) >= 11 is 12.4. The lowest BCUT2D eigenvalue weighted by Crippen LogP contribution is -2.30. The Kier molecular flexibility index (Phi) is 10.2. The Bertz CT molecular complexity index is 958. The van der Waals surface area contributed by atoms with Crippen LogP contribution in [0.1, 0.15) is 0 Å². The van der Waals surface area contributed by atoms with Gasteiger partial charge < -0.3 is 29.5 Å². The standard InChI is InChI=1S/C22H30Cl2N2O6S/c1-25(2)11-15(27)13-31-21-7-5-17(9-19(21)23)33(29,30)18-6-8-22(20(24)10-18)32-14-16(28)12-26(3)4/h5-10,15-16,27-28H,11-14H2,1-4H3/t15-,16-/m1/s1. The minimum Gasteiger partial charge on any atom is -0.489 e. The average molecular weight is 521 g/mol. The maximum Gasteiger partial charge on any atom is 0.206 e. The summed E-state index contributed by atoms with van der Waals surface area (Å²) in [5.74, 6) is 0.540. The van der Waals surface area contributed by atoms with E-state index < -0.39 is 22.0 Å². The van der Waals surface area contributed by atoms with E-state index in [0.717, 1.165) is 0 Å². The van der Waals surface area contributed by atoms with Crippen molar-refractivity contribution in [2.75, 3.05) is 54.5 Å². The molecule has 0 aliphatic heterocycles. The van der Waals surface area contributed by atoms with Gasteiger partial charge in [0.05, 0.1) is 19.8 Å². The summed E-state index contributed by atoms with van der Waals surface area (Å²) in [4.78, 5) is 3.58. The first-order valence-electron chi connectivity index (χ1n) is 10.2. The van der Waals surface area contributed by atoms with Gasteiger partial charge in [-0.15, -0.1) is 0 Å². The van der Waals surface area contributed by atoms with Crippen LogP contribution in [0.15, 0.2) is 46.2 Å². The molecule has 0 fully saturated rings. The summed E-state index contributed by atoms with van der Waals surface area (Å²) in [6.07, 6.45) is -1.43. The minimum atomic E-state index is -3.90. The van der Waals surface area contributed by atoms with Gasteiger partial charge in [0.15, 0.2) is 0 Å². The number of rotatable bonds is 12. The lowest BCUT2D eigenvalue weighted by Gasteiger charge is -2.17. The maximum atomic E-state index is 13.0. The van der Waals surface area contributed by atoms with Crippen LogP contribution in [-0.2, 0) is 9.84 Å². The van der Waals surface area contributed by atoms with Crippen LogP contribution < -0.4 is 9.47 Å². The summed E-state index contributed by atoms with van der Waals surface area (Å²) < 4.78 is 37.1. The summed E-state index contributed by atoms with van der Waals surface area (Å²) in [5.41, 5.74) is 0. The van der Waals surface area contributed by atoms with E-state index in [0.29, 0.717) is 13.1 Å². The van der Waals surface area contributed by atoms with Crippen molar-refractivity contribution in [1.29, 1.82) is 0 Å². The number of nitrogens with zero attached hydrogens (tertiary/aromatic N) is 2. The Morgan fingerprint density at radius 2 is 1.15 bits per heavy atom. The fourth-order valence-corrected chi connectivity index (χ4v) is 4.90. The number of sulfone groups is 1. The highest BCUT2D eigenvalue weighted by Gasteiger charge is 2.21. The number of aliphatic hydroxyl groups excluding tert-OH is 2. The zero-order chi connectivity index (χ0) is 24.8. The number of likely N-dealkylation sites (N-methyl/N-ethyl adjacent to an activating group) is 2. The van der Waals surface area contributed by atoms with Gasteiger partial charge in [-0.25, -0.2) is 8.42 Å². The number of hydrogen-bond donors (Lipinski definition) is 2. The van der Waals surface area contributed by atoms with Crippen LogP contribution in [0.3, 0.4) is 0 Å². The topological polar surface area (TPSA) is 99.5 Å². The smallest absolute Gasteiger partial charge is 0.206 e. The molecule has 0 saturated carbocycles. The van der Waals surface area contributed by atoms with E-state index in [4.69, 9.17) is 32.7 Å². The molecule has 0 aliphatic rings. The molecule has 0 amide bonds. The van der Waals surface area contributed by atoms with Gasteiger partial charge in [-0.1, -0.05) is 23.2 Å². The molecular weight excluding hydrogens is 491 g/mol. The highest BCUT2D eigenvalue weighted by atomic mass is 35.5. The van der Waals surface area contributed by atoms with Crippen molar-refractivity contribution in [1.82, 2.24) is 9.80 Å². The van der Waals surface area contributed by atoms with Gasteiger partial charge in [0, 0.05) is 13.1 Å². The maximum absolute atomic E-state index is 13.0. The molecule has 8 nitrogen and oxygen atoms in total. The van der Waals surface area contributed by atoms with Gasteiger partial charge in [0.25, 0.3) is 0 Å². The molecule has 2 rings (SSSR count). The zero-order valence-corrected chi connectivity index (χ0v) is 21.4. The second-order valence-electron chi connectivity index (χ2n) is 8.14. The largest absolute Gasteiger partial charge is 0.489 e. The molecule has 0 saturated heterocycles. The van der Waals surface area contributed by atoms with Crippen LogP contribution in [0.5, 0.6) is 11.5 Å². The fourth-order valence-electron chi connectivity index (χ4n) is 2.99. The van der Waals surface area contributed by atoms with Crippen LogP contribution >= 0.6 is 23.2 Å². The van der Waals surface area contributed by atoms with Crippen LogP contribution in [0, 0.1) is 0 Å². The van der Waals surface area contributed by atoms with Crippen molar-refractivity contribution in [3.8, 4) is 11.5 Å². The average Bonchev–Trinajstić information content (AvgIpc) is 2.70. The molecule has 2 atom stereocenters. The second-order valence-corrected chi connectivity index (χ2v) is 10.9. The number of halogens is 2. The third-order valence-corrected chi connectivity index (χ3v) is 6.78. The highest BCUT2D eigenvalue weighted by molar-refractivity contribution is 7.91. The van der Waals surface area contributed by atoms with Gasteiger partial charge >= 0.3 is 0 Å². The van der Waals surface area contributed by atoms with E-state index in [1.165, 1.54) is 36.4 Å². The first-order chi connectivity index (χ1) is 15.4. The SMILES string of the molecule is CN(C)C[C@@H](O)COc1ccc(S(=O)(=O)c2ccc(OC[C@H](O)CN(C)C)c(Cl)c2)cc1Cl. The molecule has 184 valence electrons. The lowest BCUT2D eigenvalue weighted by atomic mass is 10.3. The van der Waals surface area contributed by atoms with Gasteiger partial charge in [0.2, 0.25) is 9.84 Å². The Labute approximate surface area is 205 Å². The van der Waals surface area contributed by atoms with Crippen molar-refractivity contribution in [2.24, 2.45) is 0 Å². The third-order valence-electron chi connectivity index (χ3n) is 4.44. The van der Waals surface area contributed by atoms with E-state index in [1.807, 2.05) is 38.0 Å². The minimum absolute atomic E-state index is 0.0182. The fraction of sp³-hybridized carbons (Fsp3) is 0.455. The van der Waals surface area contributed by atoms with E-state index in [2.05, 4.69) is 0 Å². The molecule has 0 bridgehead atoms. The molecule has 33 heavy (non-hydrogen) atoms. The van der Waals surface area contributed by atoms with Crippen molar-refractivity contribution in [3.05, 3.63) is 46.4 Å². The normalized spacial score (nSPS) is 13.9. The van der Waals surface area contributed by atoms with E-state index in [1.54, 1.807) is 0 Å². The van der Waals surface area contributed by atoms with E-state index in [-0.39, 0.29) is 44.5 Å². The van der Waals surface area contributed by atoms with Gasteiger partial charge in [-0.3, -0.25) is 0 Å². The Hall–Kier alpha value is -1.59. The predicted octanol–water partition coefficient (Wildman–Crippen LogP) is 2.43. The first-order valence-corrected chi connectivity index (χ1v) is 12.4. The molecule has 11 heteroatoms. The van der Waals surface area contributed by atoms with Gasteiger partial charge in [0.1, 0.15) is 36.9 Å². The molecule has 2 aromatic carbocycles. The van der Waals surface area contributed by atoms with Gasteiger partial charge in [-0.2, -0.15) is 0 Å². The Balaban J connectivity index is 2.12. The van der Waals surface area contributed by atoms with Gasteiger partial charge in [-0.05, 0) is 64.6 Å². The number of hydrogen-bond acceptors (Lipinski definition) is 8. The second kappa shape index (κ2) is 12.2. The van der Waals surface area contributed by atoms with E-state index in [9.17, 15) is 18.6 Å². The number of aliphatic hydroxyl groups is 2. The van der Waals surface area contributed by atoms with Crippen molar-refractivity contribution < 1.29 is 28.1 Å². The Morgan fingerprint density at radius 3 is 1.45 bits per heavy atom. The molecule has 0 aliphatic carbocycles. The Morgan fingerprint density at radius 1 is 0.788 bits per heavy atom. The quantitative estimate of drug-likeness (QED) is 0.440. The summed E-state index contributed by atoms with van der Waals surface area (Å²) in [6.45, 7) is 0.868. The highest BCUT2D eigenvalue weighted by Crippen LogP contribution is 2.33. The molecule has 2 aromatic rings. The molecular formula is C22H30Cl2N2O6S. The van der Waals surface area contributed by atoms with Crippen molar-refractivity contribution >= 4 is 33.0 Å². The third kappa shape index (κ3) is 8.29. The van der Waals surface area contributed by atoms with Crippen molar-refractivity contribution in [2.45, 2.75) is 22.0 Å². The van der Waals surface area contributed by atoms with Crippen LogP contribution in [-0.4, -0.2) is 95.1 Å². The molecule has 0 heterocycles. The summed E-state index contributed by atoms with van der Waals surface area (Å²) in [7, 11) is 3.41.